The zero-order valence-corrected chi connectivity index (χ0v) is 45.8. The summed E-state index contributed by atoms with van der Waals surface area (Å²) in [5.74, 6) is 0.0108. The highest BCUT2D eigenvalue weighted by atomic mass is 19.1. The van der Waals surface area contributed by atoms with E-state index in [0.717, 1.165) is 83.1 Å². The molecule has 4 amide bonds. The fourth-order valence-electron chi connectivity index (χ4n) is 15.0. The van der Waals surface area contributed by atoms with Crippen molar-refractivity contribution >= 4 is 62.5 Å². The molecule has 18 nitrogen and oxygen atoms in total. The van der Waals surface area contributed by atoms with Crippen LogP contribution in [0, 0.1) is 35.7 Å². The Morgan fingerprint density at radius 1 is 0.866 bits per heavy atom. The molecule has 6 aromatic rings. The molecule has 4 aromatic carbocycles. The first-order valence-electron chi connectivity index (χ1n) is 28.9. The predicted octanol–water partition coefficient (Wildman–Crippen LogP) is 7.91. The van der Waals surface area contributed by atoms with Gasteiger partial charge in [0.05, 0.1) is 39.8 Å². The number of carbonyl (C=O) groups is 4. The number of imide groups is 1. The van der Waals surface area contributed by atoms with E-state index < -0.39 is 46.6 Å². The van der Waals surface area contributed by atoms with Crippen molar-refractivity contribution in [1.29, 1.82) is 0 Å². The number of amides is 4. The summed E-state index contributed by atoms with van der Waals surface area (Å²) in [4.78, 5) is 83.3. The van der Waals surface area contributed by atoms with Crippen molar-refractivity contribution in [2.45, 2.75) is 113 Å². The first-order valence-corrected chi connectivity index (χ1v) is 28.9. The number of hydrogen-bond acceptors (Lipinski definition) is 12. The first-order chi connectivity index (χ1) is 39.7. The van der Waals surface area contributed by atoms with E-state index in [1.807, 2.05) is 15.9 Å². The summed E-state index contributed by atoms with van der Waals surface area (Å²) in [6.45, 7) is 5.77. The quantitative estimate of drug-likeness (QED) is 0.0942. The Hall–Kier alpha value is -7.70. The van der Waals surface area contributed by atoms with Gasteiger partial charge in [-0.1, -0.05) is 36.3 Å². The number of halogens is 3. The number of benzene rings is 4. The number of aryl methyl sites for hydroxylation is 1. The van der Waals surface area contributed by atoms with Gasteiger partial charge >= 0.3 is 23.9 Å². The van der Waals surface area contributed by atoms with Gasteiger partial charge in [0.25, 0.3) is 0 Å². The molecule has 2 aromatic heterocycles. The molecule has 3 unspecified atom stereocenters. The summed E-state index contributed by atoms with van der Waals surface area (Å²) < 4.78 is 64.9. The molecule has 0 radical (unpaired) electrons. The second kappa shape index (κ2) is 21.2. The van der Waals surface area contributed by atoms with Crippen molar-refractivity contribution in [2.75, 3.05) is 70.5 Å². The number of hydrogen-bond donors (Lipinski definition) is 2. The molecule has 0 spiro atoms. The van der Waals surface area contributed by atoms with Crippen LogP contribution in [0.1, 0.15) is 100 Å². The van der Waals surface area contributed by atoms with Crippen LogP contribution in [0.5, 0.6) is 6.01 Å². The van der Waals surface area contributed by atoms with Crippen LogP contribution in [0.3, 0.4) is 0 Å². The van der Waals surface area contributed by atoms with Gasteiger partial charge in [0.2, 0.25) is 11.8 Å². The highest BCUT2D eigenvalue weighted by Crippen LogP contribution is 2.45. The third-order valence-electron chi connectivity index (χ3n) is 19.2. The third kappa shape index (κ3) is 9.35. The zero-order valence-electron chi connectivity index (χ0n) is 45.8. The highest BCUT2D eigenvalue weighted by Gasteiger charge is 2.51. The van der Waals surface area contributed by atoms with Crippen LogP contribution in [-0.2, 0) is 21.4 Å². The number of carboxylic acid groups (broad SMARTS) is 1. The van der Waals surface area contributed by atoms with E-state index in [1.165, 1.54) is 39.3 Å². The number of terminal acetylenes is 1. The second-order valence-corrected chi connectivity index (χ2v) is 23.7. The number of rotatable bonds is 11. The maximum atomic E-state index is 17.4. The van der Waals surface area contributed by atoms with Crippen molar-refractivity contribution in [3.8, 4) is 29.5 Å². The van der Waals surface area contributed by atoms with Crippen molar-refractivity contribution < 1.29 is 46.9 Å². The number of piperazine rings is 1. The number of ether oxygens (including phenoxy) is 2. The van der Waals surface area contributed by atoms with Crippen LogP contribution in [-0.4, -0.2) is 157 Å². The molecule has 7 aliphatic rings. The summed E-state index contributed by atoms with van der Waals surface area (Å²) >= 11 is 0. The lowest BCUT2D eigenvalue weighted by atomic mass is 9.88. The van der Waals surface area contributed by atoms with Gasteiger partial charge < -0.3 is 29.3 Å². The molecule has 2 bridgehead atoms. The number of fused-ring (bicyclic) bond motifs is 6. The zero-order chi connectivity index (χ0) is 56.7. The van der Waals surface area contributed by atoms with E-state index in [0.29, 0.717) is 55.1 Å². The number of piperidine rings is 3. The average molecular weight is 1120 g/mol. The number of aromatic nitrogens is 4. The minimum Gasteiger partial charge on any atom is -0.465 e. The van der Waals surface area contributed by atoms with E-state index in [2.05, 4.69) is 38.2 Å². The Balaban J connectivity index is 0.642. The molecule has 0 saturated carbocycles. The molecule has 21 heteroatoms. The number of carbonyl (C=O) groups excluding carboxylic acids is 3. The molecule has 7 fully saturated rings. The molecule has 9 heterocycles. The molecule has 2 N–H and O–H groups in total. The predicted molar refractivity (Wildman–Crippen MR) is 299 cm³/mol. The van der Waals surface area contributed by atoms with Gasteiger partial charge in [-0.2, -0.15) is 9.97 Å². The van der Waals surface area contributed by atoms with Gasteiger partial charge in [0.15, 0.2) is 5.82 Å². The van der Waals surface area contributed by atoms with Crippen molar-refractivity contribution in [3.63, 3.8) is 0 Å². The van der Waals surface area contributed by atoms with Crippen molar-refractivity contribution in [2.24, 2.45) is 13.0 Å². The lowest BCUT2D eigenvalue weighted by Crippen LogP contribution is -2.55. The van der Waals surface area contributed by atoms with Gasteiger partial charge in [-0.25, -0.2) is 27.6 Å². The largest absolute Gasteiger partial charge is 0.465 e. The van der Waals surface area contributed by atoms with Gasteiger partial charge in [-0.05, 0) is 143 Å². The molecular formula is C61H65F3N10O8. The number of nitrogens with one attached hydrogen (secondary N) is 1. The monoisotopic (exact) mass is 1120 g/mol. The minimum absolute atomic E-state index is 0.0428. The number of anilines is 1. The normalized spacial score (nSPS) is 24.6. The SMILES string of the molecule is C#Cc1c(F)ccc2cccc(-c3c(F)cc4c(N5CC6CCC(C5)N6C(=O)O)nc(OC[C@@]56CCCN5[C@H](COC(=O)N5CCC(CN7CCC(c8ccc9c(c8)n(C)c(=O)n9C8CCC(=O)NC8=O)CC7)CC5)CC6)nc4c3F)c12. The fourth-order valence-corrected chi connectivity index (χ4v) is 15.0. The summed E-state index contributed by atoms with van der Waals surface area (Å²) in [6.07, 6.45) is 13.2. The van der Waals surface area contributed by atoms with E-state index in [-0.39, 0.29) is 108 Å². The number of likely N-dealkylation sites (tertiary alicyclic amines) is 2. The Bertz CT molecular complexity index is 3680. The van der Waals surface area contributed by atoms with Crippen molar-refractivity contribution in [1.82, 2.24) is 44.0 Å². The summed E-state index contributed by atoms with van der Waals surface area (Å²) in [5, 5.41) is 13.2. The standard InChI is InChI=1S/C61H65F3N10O8/c1-3-42-45(62)12-8-37-6-4-7-43(51(37)42)52-46(63)29-44-54(53(52)64)66-57(67-55(44)71-31-39-10-11-40(32-71)73(39)59(78)79)82-34-61-21-5-23-72(61)41(16-22-61)33-81-60(80)70-26-17-35(18-27-70)30-69-24-19-36(20-25-69)38-9-13-47-49(28-38)68(2)58(77)74(47)48-14-15-50(75)65-56(48)76/h1,4,6-9,12-13,28-29,35-36,39-41,48H,5,10-11,14-27,30-34H2,2H3,(H,78,79)(H,65,75,76)/t39?,40?,41-,48?,61-/m0/s1. The number of imidazole rings is 1. The maximum absolute atomic E-state index is 17.4. The summed E-state index contributed by atoms with van der Waals surface area (Å²) in [7, 11) is 1.72. The average Bonchev–Trinajstić information content (AvgIpc) is 3.90. The van der Waals surface area contributed by atoms with Crippen LogP contribution in [0.15, 0.2) is 59.4 Å². The van der Waals surface area contributed by atoms with E-state index in [4.69, 9.17) is 20.9 Å². The van der Waals surface area contributed by atoms with Crippen LogP contribution in [0.2, 0.25) is 0 Å². The van der Waals surface area contributed by atoms with Gasteiger partial charge in [-0.3, -0.25) is 33.8 Å². The van der Waals surface area contributed by atoms with Crippen LogP contribution in [0.4, 0.5) is 28.6 Å². The molecule has 7 aliphatic heterocycles. The molecule has 82 heavy (non-hydrogen) atoms. The van der Waals surface area contributed by atoms with Crippen molar-refractivity contribution in [3.05, 3.63) is 93.7 Å². The second-order valence-electron chi connectivity index (χ2n) is 23.7. The summed E-state index contributed by atoms with van der Waals surface area (Å²) in [6, 6.07) is 13.3. The Morgan fingerprint density at radius 3 is 2.39 bits per heavy atom. The van der Waals surface area contributed by atoms with E-state index in [9.17, 15) is 29.1 Å². The lowest BCUT2D eigenvalue weighted by molar-refractivity contribution is -0.135. The van der Waals surface area contributed by atoms with E-state index in [1.54, 1.807) is 23.7 Å². The van der Waals surface area contributed by atoms with Gasteiger partial charge in [0.1, 0.15) is 42.2 Å². The molecule has 7 saturated heterocycles. The highest BCUT2D eigenvalue weighted by molar-refractivity contribution is 6.04. The molecule has 5 atom stereocenters. The van der Waals surface area contributed by atoms with Crippen LogP contribution >= 0.6 is 0 Å². The Kier molecular flexibility index (Phi) is 13.9. The lowest BCUT2D eigenvalue weighted by Gasteiger charge is -2.40. The molecule has 13 rings (SSSR count). The van der Waals surface area contributed by atoms with E-state index >= 15 is 13.2 Å². The molecular weight excluding hydrogens is 1060 g/mol. The topological polar surface area (TPSA) is 188 Å². The summed E-state index contributed by atoms with van der Waals surface area (Å²) in [5.41, 5.74) is 1.25. The Labute approximate surface area is 471 Å². The van der Waals surface area contributed by atoms with Gasteiger partial charge in [0, 0.05) is 63.0 Å². The van der Waals surface area contributed by atoms with Crippen LogP contribution < -0.4 is 20.6 Å². The third-order valence-corrected chi connectivity index (χ3v) is 19.2. The fraction of sp³-hybridized carbons (Fsp3) is 0.492. The minimum atomic E-state index is -1.01. The smallest absolute Gasteiger partial charge is 0.409 e. The van der Waals surface area contributed by atoms with Crippen LogP contribution in [0.25, 0.3) is 43.8 Å². The van der Waals surface area contributed by atoms with Gasteiger partial charge in [-0.15, -0.1) is 6.42 Å². The number of nitrogens with zero attached hydrogens (tertiary/aromatic N) is 9. The molecule has 428 valence electrons. The first kappa shape index (κ1) is 53.6. The molecule has 0 aliphatic carbocycles. The maximum Gasteiger partial charge on any atom is 0.409 e. The Morgan fingerprint density at radius 2 is 1.65 bits per heavy atom.